The third-order valence-electron chi connectivity index (χ3n) is 15.8. The molecule has 80 heavy (non-hydrogen) atoms. The zero-order valence-corrected chi connectivity index (χ0v) is 53.6. The van der Waals surface area contributed by atoms with Gasteiger partial charge in [0.1, 0.15) is 13.2 Å². The van der Waals surface area contributed by atoms with E-state index in [-0.39, 0.29) is 31.1 Å². The first-order valence-electron chi connectivity index (χ1n) is 35.3. The maximum absolute atomic E-state index is 12.9. The number of hydrogen-bond donors (Lipinski definition) is 0. The highest BCUT2D eigenvalue weighted by atomic mass is 16.6. The monoisotopic (exact) mass is 1120 g/mol. The van der Waals surface area contributed by atoms with Gasteiger partial charge in [-0.25, -0.2) is 0 Å². The van der Waals surface area contributed by atoms with Crippen LogP contribution in [0.3, 0.4) is 0 Å². The van der Waals surface area contributed by atoms with E-state index < -0.39 is 6.10 Å². The molecule has 0 radical (unpaired) electrons. The van der Waals surface area contributed by atoms with Crippen molar-refractivity contribution in [1.82, 2.24) is 0 Å². The molecule has 0 bridgehead atoms. The number of carbonyl (C=O) groups excluding carboxylic acids is 3. The summed E-state index contributed by atoms with van der Waals surface area (Å²) in [7, 11) is 0. The Kier molecular flexibility index (Phi) is 66.1. The quantitative estimate of drug-likeness (QED) is 0.0261. The second-order valence-electron chi connectivity index (χ2n) is 23.8. The minimum atomic E-state index is -0.767. The first-order valence-corrected chi connectivity index (χ1v) is 35.3. The lowest BCUT2D eigenvalue weighted by molar-refractivity contribution is -0.167. The average molecular weight is 1120 g/mol. The van der Waals surface area contributed by atoms with Crippen LogP contribution in [0.15, 0.2) is 60.8 Å². The van der Waals surface area contributed by atoms with Crippen molar-refractivity contribution in [1.29, 1.82) is 0 Å². The van der Waals surface area contributed by atoms with Crippen LogP contribution in [-0.2, 0) is 28.6 Å². The molecule has 0 saturated carbocycles. The van der Waals surface area contributed by atoms with E-state index in [9.17, 15) is 14.4 Å². The van der Waals surface area contributed by atoms with Gasteiger partial charge >= 0.3 is 17.9 Å². The van der Waals surface area contributed by atoms with E-state index in [1.807, 2.05) is 0 Å². The minimum Gasteiger partial charge on any atom is -0.462 e. The highest BCUT2D eigenvalue weighted by Crippen LogP contribution is 2.18. The topological polar surface area (TPSA) is 78.9 Å². The summed E-state index contributed by atoms with van der Waals surface area (Å²) in [6.07, 6.45) is 88.7. The standard InChI is InChI=1S/C74H134O6/c1-4-7-10-13-16-18-20-22-24-26-28-30-32-33-34-35-36-37-38-39-40-41-43-44-46-48-50-52-54-56-58-61-64-67-73(76)79-70-71(69-78-72(75)66-63-60-15-12-9-6-3)80-74(77)68-65-62-59-57-55-53-51-49-47-45-42-31-29-27-25-23-21-19-17-14-11-8-5-2/h7,10,16,18,22,24,28,30,33-34,71H,4-6,8-9,11-15,17,19-21,23,25-27,29,31-32,35-70H2,1-3H3/b10-7-,18-16-,24-22-,30-28-,34-33-. The third kappa shape index (κ3) is 65.9. The molecule has 6 nitrogen and oxygen atoms in total. The summed E-state index contributed by atoms with van der Waals surface area (Å²) in [5.74, 6) is -0.853. The molecular formula is C74H134O6. The van der Waals surface area contributed by atoms with Gasteiger partial charge < -0.3 is 14.2 Å². The van der Waals surface area contributed by atoms with Crippen LogP contribution < -0.4 is 0 Å². The van der Waals surface area contributed by atoms with Crippen LogP contribution in [0.1, 0.15) is 374 Å². The molecular weight excluding hydrogens is 985 g/mol. The van der Waals surface area contributed by atoms with Crippen molar-refractivity contribution in [2.24, 2.45) is 0 Å². The van der Waals surface area contributed by atoms with E-state index >= 15 is 0 Å². The van der Waals surface area contributed by atoms with Gasteiger partial charge in [-0.3, -0.25) is 14.4 Å². The number of ether oxygens (including phenoxy) is 3. The fraction of sp³-hybridized carbons (Fsp3) is 0.824. The molecule has 0 aliphatic carbocycles. The highest BCUT2D eigenvalue weighted by molar-refractivity contribution is 5.71. The first-order chi connectivity index (χ1) is 39.5. The molecule has 0 rings (SSSR count). The molecule has 0 amide bonds. The number of allylic oxidation sites excluding steroid dienone is 10. The molecule has 1 unspecified atom stereocenters. The van der Waals surface area contributed by atoms with Crippen LogP contribution in [0.4, 0.5) is 0 Å². The summed E-state index contributed by atoms with van der Waals surface area (Å²) in [6.45, 7) is 6.53. The Bertz CT molecular complexity index is 1430. The molecule has 0 N–H and O–H groups in total. The van der Waals surface area contributed by atoms with E-state index in [0.717, 1.165) is 89.9 Å². The molecule has 0 saturated heterocycles. The van der Waals surface area contributed by atoms with Gasteiger partial charge in [-0.15, -0.1) is 0 Å². The molecule has 0 aliphatic heterocycles. The largest absolute Gasteiger partial charge is 0.462 e. The summed E-state index contributed by atoms with van der Waals surface area (Å²) in [5, 5.41) is 0. The lowest BCUT2D eigenvalue weighted by Gasteiger charge is -2.18. The van der Waals surface area contributed by atoms with Crippen molar-refractivity contribution in [3.05, 3.63) is 60.8 Å². The van der Waals surface area contributed by atoms with Crippen molar-refractivity contribution >= 4 is 17.9 Å². The molecule has 0 aromatic rings. The van der Waals surface area contributed by atoms with Crippen molar-refractivity contribution < 1.29 is 28.6 Å². The van der Waals surface area contributed by atoms with E-state index in [2.05, 4.69) is 81.5 Å². The fourth-order valence-electron chi connectivity index (χ4n) is 10.5. The lowest BCUT2D eigenvalue weighted by Crippen LogP contribution is -2.30. The van der Waals surface area contributed by atoms with Gasteiger partial charge in [0, 0.05) is 19.3 Å². The Balaban J connectivity index is 3.96. The van der Waals surface area contributed by atoms with E-state index in [0.29, 0.717) is 19.3 Å². The van der Waals surface area contributed by atoms with Gasteiger partial charge in [-0.05, 0) is 64.2 Å². The van der Waals surface area contributed by atoms with Crippen molar-refractivity contribution in [3.8, 4) is 0 Å². The molecule has 6 heteroatoms. The predicted molar refractivity (Wildman–Crippen MR) is 348 cm³/mol. The second kappa shape index (κ2) is 68.6. The van der Waals surface area contributed by atoms with Gasteiger partial charge in [0.15, 0.2) is 6.10 Å². The molecule has 0 aliphatic rings. The van der Waals surface area contributed by atoms with Crippen LogP contribution in [0.25, 0.3) is 0 Å². The Hall–Kier alpha value is -2.89. The molecule has 0 heterocycles. The number of carbonyl (C=O) groups is 3. The summed E-state index contributed by atoms with van der Waals surface area (Å²) in [5.41, 5.74) is 0. The first kappa shape index (κ1) is 77.1. The predicted octanol–water partition coefficient (Wildman–Crippen LogP) is 24.3. The number of rotatable bonds is 65. The van der Waals surface area contributed by atoms with Crippen molar-refractivity contribution in [2.75, 3.05) is 13.2 Å². The number of hydrogen-bond acceptors (Lipinski definition) is 6. The van der Waals surface area contributed by atoms with Crippen LogP contribution in [0, 0.1) is 0 Å². The second-order valence-corrected chi connectivity index (χ2v) is 23.8. The van der Waals surface area contributed by atoms with Crippen LogP contribution in [0.2, 0.25) is 0 Å². The fourth-order valence-corrected chi connectivity index (χ4v) is 10.5. The number of unbranched alkanes of at least 4 members (excludes halogenated alkanes) is 44. The Morgan fingerprint density at radius 3 is 0.762 bits per heavy atom. The van der Waals surface area contributed by atoms with Gasteiger partial charge in [0.2, 0.25) is 0 Å². The van der Waals surface area contributed by atoms with Gasteiger partial charge in [0.05, 0.1) is 0 Å². The molecule has 0 aromatic heterocycles. The van der Waals surface area contributed by atoms with Gasteiger partial charge in [-0.1, -0.05) is 351 Å². The molecule has 466 valence electrons. The zero-order chi connectivity index (χ0) is 57.8. The van der Waals surface area contributed by atoms with Crippen molar-refractivity contribution in [2.45, 2.75) is 380 Å². The van der Waals surface area contributed by atoms with Crippen LogP contribution in [0.5, 0.6) is 0 Å². The van der Waals surface area contributed by atoms with E-state index in [4.69, 9.17) is 14.2 Å². The highest BCUT2D eigenvalue weighted by Gasteiger charge is 2.19. The lowest BCUT2D eigenvalue weighted by atomic mass is 10.0. The van der Waals surface area contributed by atoms with Crippen molar-refractivity contribution in [3.63, 3.8) is 0 Å². The van der Waals surface area contributed by atoms with E-state index in [1.165, 1.54) is 244 Å². The van der Waals surface area contributed by atoms with Gasteiger partial charge in [0.25, 0.3) is 0 Å². The SMILES string of the molecule is CC/C=C\C/C=C\C/C=C\C/C=C\C/C=C\CCCCCCCCCCCCCCCCCCCC(=O)OCC(COC(=O)CCCCCCCC)OC(=O)CCCCCCCCCCCCCCCCCCCCCCCCC. The smallest absolute Gasteiger partial charge is 0.306 e. The third-order valence-corrected chi connectivity index (χ3v) is 15.8. The summed E-state index contributed by atoms with van der Waals surface area (Å²) in [4.78, 5) is 38.1. The van der Waals surface area contributed by atoms with E-state index in [1.54, 1.807) is 0 Å². The normalized spacial score (nSPS) is 12.4. The number of esters is 3. The summed E-state index contributed by atoms with van der Waals surface area (Å²) in [6, 6.07) is 0. The molecule has 0 spiro atoms. The Labute approximate surface area is 498 Å². The molecule has 1 atom stereocenters. The maximum Gasteiger partial charge on any atom is 0.306 e. The van der Waals surface area contributed by atoms with Crippen LogP contribution in [-0.4, -0.2) is 37.2 Å². The molecule has 0 aromatic carbocycles. The Morgan fingerprint density at radius 1 is 0.263 bits per heavy atom. The maximum atomic E-state index is 12.9. The van der Waals surface area contributed by atoms with Gasteiger partial charge in [-0.2, -0.15) is 0 Å². The molecule has 0 fully saturated rings. The summed E-state index contributed by atoms with van der Waals surface area (Å²) < 4.78 is 16.9. The zero-order valence-electron chi connectivity index (χ0n) is 53.6. The Morgan fingerprint density at radius 2 is 0.487 bits per heavy atom. The van der Waals surface area contributed by atoms with Crippen LogP contribution >= 0.6 is 0 Å². The minimum absolute atomic E-state index is 0.0677. The summed E-state index contributed by atoms with van der Waals surface area (Å²) >= 11 is 0. The average Bonchev–Trinajstić information content (AvgIpc) is 3.46.